The number of hydrogen-bond donors (Lipinski definition) is 0. The van der Waals surface area contributed by atoms with E-state index in [9.17, 15) is 0 Å². The summed E-state index contributed by atoms with van der Waals surface area (Å²) in [7, 11) is 0. The van der Waals surface area contributed by atoms with E-state index in [-0.39, 0.29) is 5.92 Å². The second kappa shape index (κ2) is 6.30. The molecule has 0 aliphatic rings. The minimum Gasteiger partial charge on any atom is -0.420 e. The molecule has 3 aromatic rings. The van der Waals surface area contributed by atoms with Crippen LogP contribution in [0, 0.1) is 5.92 Å². The number of rotatable bonds is 5. The van der Waals surface area contributed by atoms with Gasteiger partial charge in [-0.1, -0.05) is 63.6 Å². The van der Waals surface area contributed by atoms with Crippen molar-refractivity contribution < 1.29 is 4.42 Å². The summed E-state index contributed by atoms with van der Waals surface area (Å²) in [5.74, 6) is 2.89. The minimum atomic E-state index is 0.205. The summed E-state index contributed by atoms with van der Waals surface area (Å²) in [6.07, 6.45) is 2.23. The van der Waals surface area contributed by atoms with Crippen molar-refractivity contribution in [1.29, 1.82) is 0 Å². The second-order valence-electron chi connectivity index (χ2n) is 5.79. The molecular formula is C19H21N2O. The number of nitrogens with zero attached hydrogens (tertiary/aromatic N) is 2. The lowest BCUT2D eigenvalue weighted by molar-refractivity contribution is 0.464. The molecule has 0 fully saturated rings. The van der Waals surface area contributed by atoms with E-state index >= 15 is 0 Å². The zero-order chi connectivity index (χ0) is 15.5. The van der Waals surface area contributed by atoms with Crippen LogP contribution >= 0.6 is 0 Å². The third-order valence-electron chi connectivity index (χ3n) is 4.21. The molecule has 0 N–H and O–H groups in total. The summed E-state index contributed by atoms with van der Waals surface area (Å²) in [4.78, 5) is 0. The maximum absolute atomic E-state index is 5.96. The van der Waals surface area contributed by atoms with Crippen molar-refractivity contribution in [2.75, 3.05) is 0 Å². The Morgan fingerprint density at radius 1 is 1.09 bits per heavy atom. The molecule has 22 heavy (non-hydrogen) atoms. The fraction of sp³-hybridized carbons (Fsp3) is 0.316. The second-order valence-corrected chi connectivity index (χ2v) is 5.79. The van der Waals surface area contributed by atoms with E-state index in [1.54, 1.807) is 0 Å². The van der Waals surface area contributed by atoms with Crippen LogP contribution in [-0.4, -0.2) is 10.2 Å². The SMILES string of the molecule is CCC[C](C)C(C)c1nnc(-c2cccc3ccccc23)o1. The molecule has 0 saturated heterocycles. The number of aromatic nitrogens is 2. The van der Waals surface area contributed by atoms with Crippen molar-refractivity contribution in [2.45, 2.75) is 39.5 Å². The summed E-state index contributed by atoms with van der Waals surface area (Å²) < 4.78 is 5.96. The van der Waals surface area contributed by atoms with E-state index in [1.807, 2.05) is 24.3 Å². The Bertz CT molecular complexity index is 757. The smallest absolute Gasteiger partial charge is 0.248 e. The Morgan fingerprint density at radius 3 is 2.68 bits per heavy atom. The van der Waals surface area contributed by atoms with Crippen LogP contribution in [0.1, 0.15) is 45.4 Å². The molecule has 1 heterocycles. The van der Waals surface area contributed by atoms with Crippen molar-refractivity contribution in [3.05, 3.63) is 54.3 Å². The van der Waals surface area contributed by atoms with Crippen molar-refractivity contribution in [1.82, 2.24) is 10.2 Å². The Morgan fingerprint density at radius 2 is 1.86 bits per heavy atom. The third-order valence-corrected chi connectivity index (χ3v) is 4.21. The van der Waals surface area contributed by atoms with E-state index in [0.29, 0.717) is 11.8 Å². The molecule has 0 aliphatic carbocycles. The number of benzene rings is 2. The summed E-state index contributed by atoms with van der Waals surface area (Å²) in [6, 6.07) is 14.4. The lowest BCUT2D eigenvalue weighted by Crippen LogP contribution is -2.04. The van der Waals surface area contributed by atoms with Crippen molar-refractivity contribution in [3.8, 4) is 11.5 Å². The van der Waals surface area contributed by atoms with E-state index in [0.717, 1.165) is 23.8 Å². The van der Waals surface area contributed by atoms with Crippen molar-refractivity contribution >= 4 is 10.8 Å². The van der Waals surface area contributed by atoms with Gasteiger partial charge in [-0.15, -0.1) is 10.2 Å². The summed E-state index contributed by atoms with van der Waals surface area (Å²) in [5.41, 5.74) is 0.997. The van der Waals surface area contributed by atoms with E-state index in [1.165, 1.54) is 11.3 Å². The largest absolute Gasteiger partial charge is 0.420 e. The molecule has 2 aromatic carbocycles. The predicted molar refractivity (Wildman–Crippen MR) is 89.5 cm³/mol. The molecule has 3 rings (SSSR count). The monoisotopic (exact) mass is 293 g/mol. The molecule has 1 unspecified atom stereocenters. The van der Waals surface area contributed by atoms with Crippen molar-refractivity contribution in [3.63, 3.8) is 0 Å². The van der Waals surface area contributed by atoms with Crippen LogP contribution in [0.2, 0.25) is 0 Å². The normalized spacial score (nSPS) is 12.9. The first-order chi connectivity index (χ1) is 10.7. The van der Waals surface area contributed by atoms with Gasteiger partial charge >= 0.3 is 0 Å². The first-order valence-electron chi connectivity index (χ1n) is 7.84. The molecule has 0 spiro atoms. The Balaban J connectivity index is 1.96. The van der Waals surface area contributed by atoms with Crippen LogP contribution in [0.4, 0.5) is 0 Å². The summed E-state index contributed by atoms with van der Waals surface area (Å²) in [5, 5.41) is 10.9. The van der Waals surface area contributed by atoms with Gasteiger partial charge in [-0.2, -0.15) is 0 Å². The molecule has 1 atom stereocenters. The zero-order valence-corrected chi connectivity index (χ0v) is 13.3. The molecule has 0 saturated carbocycles. The number of fused-ring (bicyclic) bond motifs is 1. The van der Waals surface area contributed by atoms with Crippen molar-refractivity contribution in [2.24, 2.45) is 0 Å². The van der Waals surface area contributed by atoms with Gasteiger partial charge in [0.2, 0.25) is 11.8 Å². The molecule has 1 aromatic heterocycles. The highest BCUT2D eigenvalue weighted by molar-refractivity contribution is 5.94. The predicted octanol–water partition coefficient (Wildman–Crippen LogP) is 5.39. The summed E-state index contributed by atoms with van der Waals surface area (Å²) >= 11 is 0. The van der Waals surface area contributed by atoms with Gasteiger partial charge in [-0.05, 0) is 29.2 Å². The number of hydrogen-bond acceptors (Lipinski definition) is 3. The molecule has 0 aliphatic heterocycles. The molecule has 1 radical (unpaired) electrons. The zero-order valence-electron chi connectivity index (χ0n) is 13.3. The van der Waals surface area contributed by atoms with Gasteiger partial charge < -0.3 is 4.42 Å². The van der Waals surface area contributed by atoms with Crippen LogP contribution in [0.15, 0.2) is 46.9 Å². The maximum atomic E-state index is 5.96. The van der Waals surface area contributed by atoms with Gasteiger partial charge in [-0.25, -0.2) is 0 Å². The standard InChI is InChI=1S/C19H21N2O/c1-4-8-13(2)14(3)18-20-21-19(22-18)17-12-7-10-15-9-5-6-11-16(15)17/h5-7,9-12,14H,4,8H2,1-3H3. The topological polar surface area (TPSA) is 38.9 Å². The average Bonchev–Trinajstić information content (AvgIpc) is 3.03. The first kappa shape index (κ1) is 14.8. The van der Waals surface area contributed by atoms with Crippen LogP contribution in [0.25, 0.3) is 22.2 Å². The highest BCUT2D eigenvalue weighted by Gasteiger charge is 2.21. The van der Waals surface area contributed by atoms with Crippen LogP contribution < -0.4 is 0 Å². The van der Waals surface area contributed by atoms with E-state index in [4.69, 9.17) is 4.42 Å². The van der Waals surface area contributed by atoms with Gasteiger partial charge in [0, 0.05) is 11.5 Å². The van der Waals surface area contributed by atoms with E-state index < -0.39 is 0 Å². The highest BCUT2D eigenvalue weighted by atomic mass is 16.4. The molecule has 0 amide bonds. The minimum absolute atomic E-state index is 0.205. The van der Waals surface area contributed by atoms with Gasteiger partial charge in [0.1, 0.15) is 0 Å². The summed E-state index contributed by atoms with van der Waals surface area (Å²) in [6.45, 7) is 6.48. The van der Waals surface area contributed by atoms with Crippen LogP contribution in [0.3, 0.4) is 0 Å². The maximum Gasteiger partial charge on any atom is 0.248 e. The molecule has 3 heteroatoms. The average molecular weight is 293 g/mol. The molecule has 0 bridgehead atoms. The molecular weight excluding hydrogens is 272 g/mol. The van der Waals surface area contributed by atoms with Gasteiger partial charge in [0.15, 0.2) is 0 Å². The van der Waals surface area contributed by atoms with Gasteiger partial charge in [0.05, 0.1) is 0 Å². The quantitative estimate of drug-likeness (QED) is 0.633. The Kier molecular flexibility index (Phi) is 4.23. The first-order valence-corrected chi connectivity index (χ1v) is 7.84. The lowest BCUT2D eigenvalue weighted by Gasteiger charge is -2.14. The fourth-order valence-corrected chi connectivity index (χ4v) is 2.75. The lowest BCUT2D eigenvalue weighted by atomic mass is 9.92. The highest BCUT2D eigenvalue weighted by Crippen LogP contribution is 2.32. The van der Waals surface area contributed by atoms with Crippen LogP contribution in [-0.2, 0) is 0 Å². The molecule has 3 nitrogen and oxygen atoms in total. The van der Waals surface area contributed by atoms with Gasteiger partial charge in [0.25, 0.3) is 0 Å². The van der Waals surface area contributed by atoms with Gasteiger partial charge in [-0.3, -0.25) is 0 Å². The molecule has 113 valence electrons. The fourth-order valence-electron chi connectivity index (χ4n) is 2.75. The van der Waals surface area contributed by atoms with Crippen LogP contribution in [0.5, 0.6) is 0 Å². The van der Waals surface area contributed by atoms with E-state index in [2.05, 4.69) is 49.2 Å². The third kappa shape index (κ3) is 2.76. The Labute approximate surface area is 131 Å². The Hall–Kier alpha value is -2.16.